The van der Waals surface area contributed by atoms with Gasteiger partial charge in [-0.3, -0.25) is 19.2 Å². The topological polar surface area (TPSA) is 240 Å². The molecule has 0 saturated carbocycles. The number of phenolic OH excluding ortho intramolecular Hbond substituents is 2. The number of benzene rings is 4. The van der Waals surface area contributed by atoms with Crippen molar-refractivity contribution in [2.24, 2.45) is 10.5 Å². The molecule has 0 unspecified atom stereocenters. The summed E-state index contributed by atoms with van der Waals surface area (Å²) in [4.78, 5) is 61.5. The normalized spacial score (nSPS) is 15.5. The lowest BCUT2D eigenvalue weighted by molar-refractivity contribution is -0.144. The predicted octanol–water partition coefficient (Wildman–Crippen LogP) is 6.99. The van der Waals surface area contributed by atoms with Crippen LogP contribution in [0.2, 0.25) is 0 Å². The lowest BCUT2D eigenvalue weighted by Crippen LogP contribution is -2.58. The van der Waals surface area contributed by atoms with Gasteiger partial charge in [-0.2, -0.15) is 5.10 Å². The van der Waals surface area contributed by atoms with Gasteiger partial charge in [-0.25, -0.2) is 10.4 Å². The van der Waals surface area contributed by atoms with Crippen LogP contribution in [0.3, 0.4) is 0 Å². The Kier molecular flexibility index (Phi) is 19.9. The van der Waals surface area contributed by atoms with E-state index in [0.717, 1.165) is 37.5 Å². The molecule has 4 atom stereocenters. The summed E-state index contributed by atoms with van der Waals surface area (Å²) >= 11 is 2.93. The van der Waals surface area contributed by atoms with Gasteiger partial charge >= 0.3 is 0 Å². The smallest absolute Gasteiger partial charge is 0.273 e. The quantitative estimate of drug-likeness (QED) is 0.0193. The first-order valence-corrected chi connectivity index (χ1v) is 26.3. The standard InChI is InChI=1S/C55H64N6O12S2/c1-34(37-8-10-38(11-9-37)49-35(2)56-33-74-49)58-52(66)45-28-42(64)31-61(45)54(68)51(55(3,4)5)59-47(65)32-72-25-24-70-21-20-69-22-23-71-26-27-73-43-17-6-36(7-18-43)30-57-60-53(67)48-44-19-16-41(63)29-46(44)75-50(48)39-12-14-40(62)15-13-39/h6-19,29-30,33-34,42,45,51,62-64H,20-28,31-32H2,1-5H3,(H,58,66)(H,59,65)(H,60,67)/b57-30+/t34-,42+,45-,51+/m0/s1. The fourth-order valence-corrected chi connectivity index (χ4v) is 10.3. The van der Waals surface area contributed by atoms with E-state index >= 15 is 0 Å². The molecule has 2 aromatic heterocycles. The molecule has 18 nitrogen and oxygen atoms in total. The number of aliphatic hydroxyl groups is 1. The second-order valence-electron chi connectivity index (χ2n) is 18.9. The Bertz CT molecular complexity index is 2880. The number of likely N-dealkylation sites (tertiary alicyclic amines) is 1. The molecule has 0 bridgehead atoms. The molecule has 1 fully saturated rings. The van der Waals surface area contributed by atoms with Crippen molar-refractivity contribution in [3.8, 4) is 38.1 Å². The first-order valence-electron chi connectivity index (χ1n) is 24.6. The van der Waals surface area contributed by atoms with Gasteiger partial charge in [0.05, 0.1) is 86.3 Å². The number of β-amino-alcohol motifs (C(OH)–C–C–N with tert-alkyl or cyclic N) is 1. The number of aliphatic hydroxyl groups excluding tert-OH is 1. The number of aromatic nitrogens is 1. The maximum atomic E-state index is 14.0. The van der Waals surface area contributed by atoms with Gasteiger partial charge in [-0.15, -0.1) is 22.7 Å². The van der Waals surface area contributed by atoms with Crippen LogP contribution in [0.4, 0.5) is 0 Å². The molecule has 0 radical (unpaired) electrons. The number of hydrogen-bond donors (Lipinski definition) is 6. The molecule has 1 saturated heterocycles. The summed E-state index contributed by atoms with van der Waals surface area (Å²) in [5.41, 5.74) is 8.49. The molecule has 4 aromatic carbocycles. The third-order valence-electron chi connectivity index (χ3n) is 12.2. The zero-order valence-electron chi connectivity index (χ0n) is 42.6. The van der Waals surface area contributed by atoms with Crippen LogP contribution in [0, 0.1) is 12.3 Å². The zero-order valence-corrected chi connectivity index (χ0v) is 44.2. The van der Waals surface area contributed by atoms with Gasteiger partial charge < -0.3 is 54.5 Å². The van der Waals surface area contributed by atoms with Crippen molar-refractivity contribution in [3.63, 3.8) is 0 Å². The Balaban J connectivity index is 0.725. The molecule has 4 amide bonds. The fourth-order valence-electron chi connectivity index (χ4n) is 8.26. The van der Waals surface area contributed by atoms with E-state index in [0.29, 0.717) is 61.2 Å². The second kappa shape index (κ2) is 26.6. The summed E-state index contributed by atoms with van der Waals surface area (Å²) in [7, 11) is 0. The Morgan fingerprint density at radius 2 is 1.41 bits per heavy atom. The highest BCUT2D eigenvalue weighted by atomic mass is 32.1. The van der Waals surface area contributed by atoms with Crippen LogP contribution in [-0.2, 0) is 33.3 Å². The van der Waals surface area contributed by atoms with Gasteiger partial charge in [0, 0.05) is 27.9 Å². The molecule has 6 aromatic rings. The van der Waals surface area contributed by atoms with Crippen molar-refractivity contribution in [2.75, 3.05) is 66.0 Å². The molecular formula is C55H64N6O12S2. The molecule has 0 aliphatic carbocycles. The summed E-state index contributed by atoms with van der Waals surface area (Å²) < 4.78 is 28.8. The van der Waals surface area contributed by atoms with Crippen molar-refractivity contribution < 1.29 is 58.2 Å². The van der Waals surface area contributed by atoms with E-state index in [1.807, 2.05) is 64.4 Å². The molecule has 6 N–H and O–H groups in total. The number of fused-ring (bicyclic) bond motifs is 1. The molecule has 20 heteroatoms. The fraction of sp³-hybridized carbons (Fsp3) is 0.382. The van der Waals surface area contributed by atoms with Gasteiger partial charge in [0.1, 0.15) is 42.5 Å². The minimum Gasteiger partial charge on any atom is -0.508 e. The van der Waals surface area contributed by atoms with E-state index in [1.165, 1.54) is 28.5 Å². The number of hydrogen-bond acceptors (Lipinski definition) is 16. The Morgan fingerprint density at radius 3 is 2.05 bits per heavy atom. The average molecular weight is 1070 g/mol. The summed E-state index contributed by atoms with van der Waals surface area (Å²) in [6, 6.07) is 24.2. The van der Waals surface area contributed by atoms with Gasteiger partial charge in [-0.1, -0.05) is 45.0 Å². The van der Waals surface area contributed by atoms with E-state index in [2.05, 4.69) is 26.1 Å². The number of carbonyl (C=O) groups excluding carboxylic acids is 4. The third kappa shape index (κ3) is 15.6. The maximum Gasteiger partial charge on any atom is 0.273 e. The van der Waals surface area contributed by atoms with Crippen molar-refractivity contribution in [3.05, 3.63) is 119 Å². The number of hydrazone groups is 1. The van der Waals surface area contributed by atoms with Gasteiger partial charge in [0.2, 0.25) is 17.7 Å². The number of aromatic hydroxyl groups is 2. The number of nitrogens with one attached hydrogen (secondary N) is 3. The van der Waals surface area contributed by atoms with Crippen LogP contribution in [0.5, 0.6) is 17.2 Å². The minimum atomic E-state index is -0.984. The molecular weight excluding hydrogens is 1000 g/mol. The summed E-state index contributed by atoms with van der Waals surface area (Å²) in [5.74, 6) is -0.908. The number of rotatable bonds is 25. The van der Waals surface area contributed by atoms with Gasteiger partial charge in [0.15, 0.2) is 0 Å². The largest absolute Gasteiger partial charge is 0.508 e. The number of carbonyl (C=O) groups is 4. The van der Waals surface area contributed by atoms with E-state index in [1.54, 1.807) is 72.0 Å². The van der Waals surface area contributed by atoms with Crippen LogP contribution in [0.15, 0.2) is 102 Å². The lowest BCUT2D eigenvalue weighted by Gasteiger charge is -2.35. The minimum absolute atomic E-state index is 0.0321. The second-order valence-corrected chi connectivity index (χ2v) is 20.8. The molecule has 7 rings (SSSR count). The molecule has 1 aliphatic heterocycles. The number of ether oxygens (including phenoxy) is 5. The van der Waals surface area contributed by atoms with E-state index in [4.69, 9.17) is 23.7 Å². The van der Waals surface area contributed by atoms with Crippen LogP contribution in [-0.4, -0.2) is 139 Å². The van der Waals surface area contributed by atoms with Gasteiger partial charge in [-0.05, 0) is 108 Å². The number of amides is 4. The van der Waals surface area contributed by atoms with Crippen molar-refractivity contribution in [1.82, 2.24) is 25.9 Å². The Labute approximate surface area is 443 Å². The molecule has 1 aliphatic rings. The van der Waals surface area contributed by atoms with E-state index in [9.17, 15) is 34.5 Å². The Morgan fingerprint density at radius 1 is 0.800 bits per heavy atom. The van der Waals surface area contributed by atoms with E-state index < -0.39 is 41.3 Å². The number of thiazole rings is 1. The highest BCUT2D eigenvalue weighted by Gasteiger charge is 2.44. The van der Waals surface area contributed by atoms with Crippen LogP contribution in [0.25, 0.3) is 31.0 Å². The highest BCUT2D eigenvalue weighted by Crippen LogP contribution is 2.40. The Hall–Kier alpha value is -6.78. The summed E-state index contributed by atoms with van der Waals surface area (Å²) in [6.45, 7) is 11.3. The van der Waals surface area contributed by atoms with Crippen molar-refractivity contribution in [1.29, 1.82) is 0 Å². The molecule has 3 heterocycles. The predicted molar refractivity (Wildman–Crippen MR) is 287 cm³/mol. The van der Waals surface area contributed by atoms with Crippen LogP contribution < -0.4 is 20.8 Å². The van der Waals surface area contributed by atoms with Gasteiger partial charge in [0.25, 0.3) is 5.91 Å². The first kappa shape index (κ1) is 56.0. The molecule has 75 heavy (non-hydrogen) atoms. The average Bonchev–Trinajstić information content (AvgIpc) is 4.12. The first-order chi connectivity index (χ1) is 36.0. The summed E-state index contributed by atoms with van der Waals surface area (Å²) in [5, 5.41) is 41.0. The van der Waals surface area contributed by atoms with Crippen molar-refractivity contribution in [2.45, 2.75) is 65.3 Å². The SMILES string of the molecule is Cc1ncsc1-c1ccc([C@H](C)NC(=O)[C@@H]2C[C@@H](O)CN2C(=O)[C@@H](NC(=O)COCCOCCOCCOCCOc2ccc(/C=N/NC(=O)c3c(-c4ccc(O)cc4)sc4cc(O)ccc34)cc2)C(C)(C)C)cc1. The highest BCUT2D eigenvalue weighted by molar-refractivity contribution is 7.22. The van der Waals surface area contributed by atoms with Crippen molar-refractivity contribution >= 4 is 62.6 Å². The number of aryl methyl sites for hydroxylation is 1. The van der Waals surface area contributed by atoms with Crippen LogP contribution >= 0.6 is 22.7 Å². The van der Waals surface area contributed by atoms with Crippen LogP contribution in [0.1, 0.15) is 67.3 Å². The molecule has 0 spiro atoms. The number of phenols is 2. The lowest BCUT2D eigenvalue weighted by atomic mass is 9.85. The zero-order chi connectivity index (χ0) is 53.5. The summed E-state index contributed by atoms with van der Waals surface area (Å²) in [6.07, 6.45) is 0.717. The number of nitrogens with zero attached hydrogens (tertiary/aromatic N) is 3. The monoisotopic (exact) mass is 1060 g/mol. The number of thiophene rings is 1. The third-order valence-corrected chi connectivity index (χ3v) is 14.4. The van der Waals surface area contributed by atoms with E-state index in [-0.39, 0.29) is 56.2 Å². The maximum absolute atomic E-state index is 14.0. The molecule has 398 valence electrons.